The number of benzene rings is 1. The van der Waals surface area contributed by atoms with E-state index in [9.17, 15) is 0 Å². The van der Waals surface area contributed by atoms with Gasteiger partial charge in [0, 0.05) is 9.35 Å². The second kappa shape index (κ2) is 4.81. The van der Waals surface area contributed by atoms with Crippen LogP contribution in [0.2, 0.25) is 4.34 Å². The Balaban J connectivity index is 2.13. The standard InChI is InChI=1S/C12H8BrClN2S2/c13-7-1-3-9-10(5-7)16(12(17)15-9)6-8-2-4-11(14)18-8/h1-5H,6H2,(H,15,17). The highest BCUT2D eigenvalue weighted by molar-refractivity contribution is 9.10. The number of nitrogens with one attached hydrogen (secondary N) is 1. The number of hydrogen-bond acceptors (Lipinski definition) is 2. The van der Waals surface area contributed by atoms with Gasteiger partial charge in [-0.2, -0.15) is 0 Å². The maximum atomic E-state index is 5.95. The lowest BCUT2D eigenvalue weighted by Gasteiger charge is -2.02. The van der Waals surface area contributed by atoms with Gasteiger partial charge in [-0.25, -0.2) is 0 Å². The fourth-order valence-corrected chi connectivity index (χ4v) is 3.57. The first-order valence-electron chi connectivity index (χ1n) is 5.26. The Hall–Kier alpha value is -0.620. The summed E-state index contributed by atoms with van der Waals surface area (Å²) in [7, 11) is 0. The van der Waals surface area contributed by atoms with Crippen LogP contribution in [0.4, 0.5) is 0 Å². The number of fused-ring (bicyclic) bond motifs is 1. The van der Waals surface area contributed by atoms with Crippen LogP contribution < -0.4 is 0 Å². The second-order valence-electron chi connectivity index (χ2n) is 3.88. The van der Waals surface area contributed by atoms with Crippen molar-refractivity contribution in [2.24, 2.45) is 0 Å². The maximum Gasteiger partial charge on any atom is 0.178 e. The first-order valence-corrected chi connectivity index (χ1v) is 7.65. The molecule has 0 aliphatic carbocycles. The van der Waals surface area contributed by atoms with Gasteiger partial charge in [0.05, 0.1) is 21.9 Å². The van der Waals surface area contributed by atoms with Gasteiger partial charge < -0.3 is 9.55 Å². The van der Waals surface area contributed by atoms with Crippen molar-refractivity contribution in [1.82, 2.24) is 9.55 Å². The first kappa shape index (κ1) is 12.4. The summed E-state index contributed by atoms with van der Waals surface area (Å²) in [5.41, 5.74) is 2.14. The lowest BCUT2D eigenvalue weighted by molar-refractivity contribution is 0.823. The molecule has 0 saturated carbocycles. The van der Waals surface area contributed by atoms with Crippen molar-refractivity contribution in [1.29, 1.82) is 0 Å². The number of halogens is 2. The number of hydrogen-bond donors (Lipinski definition) is 1. The quantitative estimate of drug-likeness (QED) is 0.622. The molecular formula is C12H8BrClN2S2. The van der Waals surface area contributed by atoms with E-state index in [1.165, 1.54) is 4.88 Å². The summed E-state index contributed by atoms with van der Waals surface area (Å²) in [6.07, 6.45) is 0. The molecule has 6 heteroatoms. The summed E-state index contributed by atoms with van der Waals surface area (Å²) in [6, 6.07) is 10.0. The molecule has 92 valence electrons. The van der Waals surface area contributed by atoms with E-state index in [-0.39, 0.29) is 0 Å². The van der Waals surface area contributed by atoms with E-state index < -0.39 is 0 Å². The van der Waals surface area contributed by atoms with Crippen LogP contribution in [0, 0.1) is 4.77 Å². The van der Waals surface area contributed by atoms with Crippen molar-refractivity contribution in [3.8, 4) is 0 Å². The third-order valence-corrected chi connectivity index (χ3v) is 4.71. The molecule has 0 amide bonds. The van der Waals surface area contributed by atoms with Gasteiger partial charge in [0.25, 0.3) is 0 Å². The van der Waals surface area contributed by atoms with E-state index in [2.05, 4.69) is 31.5 Å². The zero-order valence-corrected chi connectivity index (χ0v) is 13.1. The minimum Gasteiger partial charge on any atom is -0.331 e. The van der Waals surface area contributed by atoms with Crippen molar-refractivity contribution in [3.05, 3.63) is 48.8 Å². The minimum absolute atomic E-state index is 0.729. The Bertz CT molecular complexity index is 772. The van der Waals surface area contributed by atoms with Crippen LogP contribution in [0.25, 0.3) is 11.0 Å². The summed E-state index contributed by atoms with van der Waals surface area (Å²) in [5, 5.41) is 0. The van der Waals surface area contributed by atoms with Crippen LogP contribution in [0.15, 0.2) is 34.8 Å². The largest absolute Gasteiger partial charge is 0.331 e. The van der Waals surface area contributed by atoms with Crippen molar-refractivity contribution in [2.45, 2.75) is 6.54 Å². The van der Waals surface area contributed by atoms with Gasteiger partial charge in [-0.15, -0.1) is 11.3 Å². The molecule has 0 aliphatic rings. The molecule has 0 bridgehead atoms. The van der Waals surface area contributed by atoms with Gasteiger partial charge in [0.15, 0.2) is 4.77 Å². The molecule has 0 atom stereocenters. The molecule has 1 N–H and O–H groups in total. The molecule has 2 aromatic heterocycles. The van der Waals surface area contributed by atoms with Crippen molar-refractivity contribution < 1.29 is 0 Å². The van der Waals surface area contributed by atoms with Crippen LogP contribution in [-0.4, -0.2) is 9.55 Å². The summed E-state index contributed by atoms with van der Waals surface area (Å²) >= 11 is 16.4. The van der Waals surface area contributed by atoms with Crippen molar-refractivity contribution in [3.63, 3.8) is 0 Å². The Kier molecular flexibility index (Phi) is 3.32. The minimum atomic E-state index is 0.729. The zero-order chi connectivity index (χ0) is 12.7. The average molecular weight is 360 g/mol. The average Bonchev–Trinajstić information content (AvgIpc) is 2.86. The van der Waals surface area contributed by atoms with Gasteiger partial charge in [0.1, 0.15) is 0 Å². The van der Waals surface area contributed by atoms with E-state index in [1.807, 2.05) is 24.3 Å². The first-order chi connectivity index (χ1) is 8.63. The molecule has 0 radical (unpaired) electrons. The Labute approximate surface area is 126 Å². The van der Waals surface area contributed by atoms with Crippen molar-refractivity contribution in [2.75, 3.05) is 0 Å². The Morgan fingerprint density at radius 3 is 2.89 bits per heavy atom. The third-order valence-electron chi connectivity index (χ3n) is 2.68. The van der Waals surface area contributed by atoms with Crippen LogP contribution in [-0.2, 0) is 6.54 Å². The molecule has 3 aromatic rings. The van der Waals surface area contributed by atoms with Gasteiger partial charge in [0.2, 0.25) is 0 Å². The van der Waals surface area contributed by atoms with Gasteiger partial charge in [-0.3, -0.25) is 0 Å². The number of aromatic nitrogens is 2. The highest BCUT2D eigenvalue weighted by Gasteiger charge is 2.07. The molecule has 0 aliphatic heterocycles. The molecule has 0 spiro atoms. The number of thiophene rings is 1. The van der Waals surface area contributed by atoms with Gasteiger partial charge in [-0.05, 0) is 42.5 Å². The van der Waals surface area contributed by atoms with E-state index in [1.54, 1.807) is 11.3 Å². The van der Waals surface area contributed by atoms with Crippen LogP contribution >= 0.6 is 51.1 Å². The summed E-state index contributed by atoms with van der Waals surface area (Å²) in [6.45, 7) is 0.743. The van der Waals surface area contributed by atoms with Crippen LogP contribution in [0.5, 0.6) is 0 Å². The van der Waals surface area contributed by atoms with Crippen molar-refractivity contribution >= 4 is 62.1 Å². The summed E-state index contributed by atoms with van der Waals surface area (Å²) < 4.78 is 4.66. The Morgan fingerprint density at radius 1 is 1.33 bits per heavy atom. The fraction of sp³-hybridized carbons (Fsp3) is 0.0833. The molecule has 2 heterocycles. The molecule has 0 saturated heterocycles. The highest BCUT2D eigenvalue weighted by atomic mass is 79.9. The number of nitrogens with zero attached hydrogens (tertiary/aromatic N) is 1. The Morgan fingerprint density at radius 2 is 2.17 bits per heavy atom. The normalized spacial score (nSPS) is 11.2. The van der Waals surface area contributed by atoms with Gasteiger partial charge in [-0.1, -0.05) is 27.5 Å². The molecule has 1 aromatic carbocycles. The van der Waals surface area contributed by atoms with Gasteiger partial charge >= 0.3 is 0 Å². The number of imidazole rings is 1. The van der Waals surface area contributed by atoms with E-state index in [4.69, 9.17) is 23.8 Å². The number of aromatic amines is 1. The van der Waals surface area contributed by atoms with E-state index in [0.717, 1.165) is 31.2 Å². The monoisotopic (exact) mass is 358 g/mol. The second-order valence-corrected chi connectivity index (χ2v) is 6.99. The zero-order valence-electron chi connectivity index (χ0n) is 9.11. The van der Waals surface area contributed by atoms with E-state index in [0.29, 0.717) is 0 Å². The molecule has 2 nitrogen and oxygen atoms in total. The summed E-state index contributed by atoms with van der Waals surface area (Å²) in [4.78, 5) is 4.40. The fourth-order valence-electron chi connectivity index (χ4n) is 1.88. The number of H-pyrrole nitrogens is 1. The van der Waals surface area contributed by atoms with Crippen LogP contribution in [0.1, 0.15) is 4.88 Å². The topological polar surface area (TPSA) is 20.7 Å². The highest BCUT2D eigenvalue weighted by Crippen LogP contribution is 2.25. The SMILES string of the molecule is S=c1[nH]c2ccc(Br)cc2n1Cc1ccc(Cl)s1. The predicted molar refractivity (Wildman–Crippen MR) is 83.3 cm³/mol. The molecular weight excluding hydrogens is 352 g/mol. The van der Waals surface area contributed by atoms with Crippen LogP contribution in [0.3, 0.4) is 0 Å². The molecule has 0 unspecified atom stereocenters. The molecule has 18 heavy (non-hydrogen) atoms. The number of rotatable bonds is 2. The smallest absolute Gasteiger partial charge is 0.178 e. The lowest BCUT2D eigenvalue weighted by atomic mass is 10.3. The maximum absolute atomic E-state index is 5.95. The molecule has 3 rings (SSSR count). The lowest BCUT2D eigenvalue weighted by Crippen LogP contribution is -1.97. The predicted octanol–water partition coefficient (Wildman–Crippen LogP) is 5.22. The summed E-state index contributed by atoms with van der Waals surface area (Å²) in [5.74, 6) is 0. The third kappa shape index (κ3) is 2.28. The van der Waals surface area contributed by atoms with E-state index >= 15 is 0 Å². The molecule has 0 fully saturated rings.